The summed E-state index contributed by atoms with van der Waals surface area (Å²) in [4.78, 5) is 14.6. The van der Waals surface area contributed by atoms with E-state index in [-0.39, 0.29) is 12.5 Å². The topological polar surface area (TPSA) is 52.6 Å². The third-order valence-corrected chi connectivity index (χ3v) is 4.58. The molecule has 24 heavy (non-hydrogen) atoms. The lowest BCUT2D eigenvalue weighted by atomic mass is 10.1. The third kappa shape index (κ3) is 4.35. The minimum absolute atomic E-state index is 0.148. The van der Waals surface area contributed by atoms with E-state index < -0.39 is 0 Å². The number of carbonyl (C=O) groups is 1. The number of nitrogens with zero attached hydrogens (tertiary/aromatic N) is 1. The second kappa shape index (κ2) is 7.79. The Bertz CT molecular complexity index is 703. The monoisotopic (exact) mass is 344 g/mol. The summed E-state index contributed by atoms with van der Waals surface area (Å²) < 4.78 is 0. The maximum Gasteiger partial charge on any atom is 0.255 e. The van der Waals surface area contributed by atoms with Gasteiger partial charge in [-0.25, -0.2) is 0 Å². The number of benzene rings is 2. The van der Waals surface area contributed by atoms with Crippen molar-refractivity contribution in [3.05, 3.63) is 64.7 Å². The van der Waals surface area contributed by atoms with E-state index in [0.717, 1.165) is 37.3 Å². The molecule has 0 saturated carbocycles. The van der Waals surface area contributed by atoms with E-state index in [1.807, 2.05) is 18.2 Å². The van der Waals surface area contributed by atoms with Gasteiger partial charge in [0.2, 0.25) is 0 Å². The van der Waals surface area contributed by atoms with Crippen molar-refractivity contribution in [2.24, 2.45) is 5.92 Å². The molecule has 1 heterocycles. The van der Waals surface area contributed by atoms with Crippen molar-refractivity contribution in [1.82, 2.24) is 4.90 Å². The predicted molar refractivity (Wildman–Crippen MR) is 96.3 cm³/mol. The summed E-state index contributed by atoms with van der Waals surface area (Å²) >= 11 is 5.85. The molecule has 1 aliphatic rings. The molecule has 1 unspecified atom stereocenters. The highest BCUT2D eigenvalue weighted by Crippen LogP contribution is 2.20. The molecule has 0 bridgehead atoms. The fourth-order valence-electron chi connectivity index (χ4n) is 3.02. The van der Waals surface area contributed by atoms with E-state index in [1.165, 1.54) is 0 Å². The van der Waals surface area contributed by atoms with Gasteiger partial charge in [0, 0.05) is 36.0 Å². The van der Waals surface area contributed by atoms with Gasteiger partial charge in [-0.05, 0) is 60.8 Å². The van der Waals surface area contributed by atoms with Crippen LogP contribution < -0.4 is 5.32 Å². The Morgan fingerprint density at radius 2 is 2.04 bits per heavy atom. The van der Waals surface area contributed by atoms with Gasteiger partial charge in [0.15, 0.2) is 0 Å². The summed E-state index contributed by atoms with van der Waals surface area (Å²) in [5.41, 5.74) is 2.52. The van der Waals surface area contributed by atoms with Crippen LogP contribution >= 0.6 is 11.6 Å². The normalized spacial score (nSPS) is 17.8. The van der Waals surface area contributed by atoms with Gasteiger partial charge in [-0.2, -0.15) is 0 Å². The van der Waals surface area contributed by atoms with Crippen LogP contribution in [0, 0.1) is 5.92 Å². The van der Waals surface area contributed by atoms with Crippen LogP contribution in [-0.2, 0) is 6.54 Å². The number of carbonyl (C=O) groups excluding carboxylic acids is 1. The molecule has 1 amide bonds. The molecule has 2 N–H and O–H groups in total. The second-order valence-corrected chi connectivity index (χ2v) is 6.67. The van der Waals surface area contributed by atoms with Gasteiger partial charge < -0.3 is 10.4 Å². The molecular weight excluding hydrogens is 324 g/mol. The van der Waals surface area contributed by atoms with Gasteiger partial charge >= 0.3 is 0 Å². The highest BCUT2D eigenvalue weighted by atomic mass is 35.5. The molecule has 4 nitrogen and oxygen atoms in total. The van der Waals surface area contributed by atoms with Crippen molar-refractivity contribution in [3.8, 4) is 0 Å². The van der Waals surface area contributed by atoms with Crippen molar-refractivity contribution in [3.63, 3.8) is 0 Å². The Morgan fingerprint density at radius 1 is 1.25 bits per heavy atom. The molecule has 1 atom stereocenters. The van der Waals surface area contributed by atoms with Crippen LogP contribution in [0.3, 0.4) is 0 Å². The first-order valence-corrected chi connectivity index (χ1v) is 8.51. The lowest BCUT2D eigenvalue weighted by molar-refractivity contribution is 0.102. The first kappa shape index (κ1) is 17.0. The average molecular weight is 345 g/mol. The first-order chi connectivity index (χ1) is 11.6. The molecule has 2 aromatic rings. The standard InChI is InChI=1S/C19H21ClN2O2/c20-17-6-4-16(5-7-17)19(24)21-18-3-1-2-14(10-18)11-22-9-8-15(12-22)13-23/h1-7,10,15,23H,8-9,11-13H2,(H,21,24). The lowest BCUT2D eigenvalue weighted by Gasteiger charge is -2.16. The quantitative estimate of drug-likeness (QED) is 0.874. The van der Waals surface area contributed by atoms with Gasteiger partial charge in [0.1, 0.15) is 0 Å². The number of halogens is 1. The Hall–Kier alpha value is -1.88. The summed E-state index contributed by atoms with van der Waals surface area (Å²) in [6.45, 7) is 3.03. The number of aliphatic hydroxyl groups is 1. The summed E-state index contributed by atoms with van der Waals surface area (Å²) in [5.74, 6) is 0.239. The van der Waals surface area contributed by atoms with Crippen LogP contribution in [0.2, 0.25) is 5.02 Å². The Kier molecular flexibility index (Phi) is 5.51. The van der Waals surface area contributed by atoms with Crippen molar-refractivity contribution in [1.29, 1.82) is 0 Å². The van der Waals surface area contributed by atoms with Gasteiger partial charge in [-0.1, -0.05) is 23.7 Å². The third-order valence-electron chi connectivity index (χ3n) is 4.33. The lowest BCUT2D eigenvalue weighted by Crippen LogP contribution is -2.21. The van der Waals surface area contributed by atoms with Crippen LogP contribution in [0.4, 0.5) is 5.69 Å². The molecule has 1 aliphatic heterocycles. The summed E-state index contributed by atoms with van der Waals surface area (Å²) in [7, 11) is 0. The number of rotatable bonds is 5. The highest BCUT2D eigenvalue weighted by Gasteiger charge is 2.21. The van der Waals surface area contributed by atoms with Gasteiger partial charge in [-0.15, -0.1) is 0 Å². The Morgan fingerprint density at radius 3 is 2.75 bits per heavy atom. The minimum Gasteiger partial charge on any atom is -0.396 e. The van der Waals surface area contributed by atoms with Crippen molar-refractivity contribution >= 4 is 23.2 Å². The molecule has 3 rings (SSSR count). The molecule has 0 aromatic heterocycles. The number of anilines is 1. The average Bonchev–Trinajstić information content (AvgIpc) is 3.03. The van der Waals surface area contributed by atoms with E-state index in [9.17, 15) is 9.90 Å². The predicted octanol–water partition coefficient (Wildman–Crippen LogP) is 3.41. The maximum atomic E-state index is 12.3. The number of aliphatic hydroxyl groups excluding tert-OH is 1. The molecule has 126 valence electrons. The summed E-state index contributed by atoms with van der Waals surface area (Å²) in [6.07, 6.45) is 1.05. The first-order valence-electron chi connectivity index (χ1n) is 8.13. The van der Waals surface area contributed by atoms with Crippen LogP contribution in [0.1, 0.15) is 22.3 Å². The van der Waals surface area contributed by atoms with Crippen LogP contribution in [0.25, 0.3) is 0 Å². The minimum atomic E-state index is -0.148. The van der Waals surface area contributed by atoms with Crippen molar-refractivity contribution in [2.75, 3.05) is 25.0 Å². The van der Waals surface area contributed by atoms with Crippen LogP contribution in [-0.4, -0.2) is 35.6 Å². The van der Waals surface area contributed by atoms with E-state index in [4.69, 9.17) is 11.6 Å². The van der Waals surface area contributed by atoms with Gasteiger partial charge in [0.05, 0.1) is 0 Å². The van der Waals surface area contributed by atoms with E-state index >= 15 is 0 Å². The fraction of sp³-hybridized carbons (Fsp3) is 0.316. The Balaban J connectivity index is 1.62. The zero-order valence-corrected chi connectivity index (χ0v) is 14.2. The van der Waals surface area contributed by atoms with Crippen molar-refractivity contribution in [2.45, 2.75) is 13.0 Å². The largest absolute Gasteiger partial charge is 0.396 e. The van der Waals surface area contributed by atoms with E-state index in [2.05, 4.69) is 16.3 Å². The Labute approximate surface area is 147 Å². The number of amides is 1. The molecule has 1 fully saturated rings. The smallest absolute Gasteiger partial charge is 0.255 e. The SMILES string of the molecule is O=C(Nc1cccc(CN2CCC(CO)C2)c1)c1ccc(Cl)cc1. The van der Waals surface area contributed by atoms with Crippen LogP contribution in [0.5, 0.6) is 0 Å². The maximum absolute atomic E-state index is 12.3. The number of hydrogen-bond acceptors (Lipinski definition) is 3. The zero-order chi connectivity index (χ0) is 16.9. The molecule has 2 aromatic carbocycles. The van der Waals surface area contributed by atoms with Gasteiger partial charge in [0.25, 0.3) is 5.91 Å². The summed E-state index contributed by atoms with van der Waals surface area (Å²) in [6, 6.07) is 14.7. The molecule has 1 saturated heterocycles. The molecule has 5 heteroatoms. The van der Waals surface area contributed by atoms with Gasteiger partial charge in [-0.3, -0.25) is 9.69 Å². The van der Waals surface area contributed by atoms with E-state index in [0.29, 0.717) is 16.5 Å². The van der Waals surface area contributed by atoms with Crippen molar-refractivity contribution < 1.29 is 9.90 Å². The second-order valence-electron chi connectivity index (χ2n) is 6.23. The number of likely N-dealkylation sites (tertiary alicyclic amines) is 1. The van der Waals surface area contributed by atoms with Crippen LogP contribution in [0.15, 0.2) is 48.5 Å². The fourth-order valence-corrected chi connectivity index (χ4v) is 3.14. The molecule has 0 aliphatic carbocycles. The molecular formula is C19H21ClN2O2. The summed E-state index contributed by atoms with van der Waals surface area (Å²) in [5, 5.41) is 12.8. The highest BCUT2D eigenvalue weighted by molar-refractivity contribution is 6.30. The number of nitrogens with one attached hydrogen (secondary N) is 1. The van der Waals surface area contributed by atoms with E-state index in [1.54, 1.807) is 24.3 Å². The molecule has 0 radical (unpaired) electrons. The number of hydrogen-bond donors (Lipinski definition) is 2. The zero-order valence-electron chi connectivity index (χ0n) is 13.4. The molecule has 0 spiro atoms.